The van der Waals surface area contributed by atoms with E-state index in [-0.39, 0.29) is 12.1 Å². The fraction of sp³-hybridized carbons (Fsp3) is 0.769. The number of aromatic nitrogens is 2. The van der Waals surface area contributed by atoms with Crippen molar-refractivity contribution in [3.05, 3.63) is 16.4 Å². The summed E-state index contributed by atoms with van der Waals surface area (Å²) in [4.78, 5) is 0. The summed E-state index contributed by atoms with van der Waals surface area (Å²) < 4.78 is 8.61. The van der Waals surface area contributed by atoms with Crippen molar-refractivity contribution in [1.82, 2.24) is 15.1 Å². The first-order valence-corrected chi connectivity index (χ1v) is 7.38. The van der Waals surface area contributed by atoms with Gasteiger partial charge in [-0.05, 0) is 35.3 Å². The lowest BCUT2D eigenvalue weighted by molar-refractivity contribution is 0.0579. The van der Waals surface area contributed by atoms with E-state index in [1.807, 2.05) is 17.9 Å². The van der Waals surface area contributed by atoms with Crippen LogP contribution in [0.4, 0.5) is 0 Å². The van der Waals surface area contributed by atoms with Crippen molar-refractivity contribution >= 4 is 15.9 Å². The summed E-state index contributed by atoms with van der Waals surface area (Å²) in [5, 5.41) is 7.87. The second-order valence-electron chi connectivity index (χ2n) is 4.50. The molecule has 1 N–H and O–H groups in total. The van der Waals surface area contributed by atoms with Crippen LogP contribution >= 0.6 is 15.9 Å². The Morgan fingerprint density at radius 2 is 2.17 bits per heavy atom. The number of methoxy groups -OCH3 is 1. The molecule has 0 aliphatic carbocycles. The molecular weight excluding hydrogens is 294 g/mol. The zero-order valence-electron chi connectivity index (χ0n) is 11.7. The van der Waals surface area contributed by atoms with Crippen LogP contribution in [-0.4, -0.2) is 29.5 Å². The van der Waals surface area contributed by atoms with Crippen molar-refractivity contribution in [2.45, 2.75) is 45.3 Å². The number of halogens is 1. The monoisotopic (exact) mass is 317 g/mol. The molecule has 0 aliphatic rings. The van der Waals surface area contributed by atoms with Gasteiger partial charge in [0.05, 0.1) is 28.5 Å². The van der Waals surface area contributed by atoms with E-state index >= 15 is 0 Å². The zero-order chi connectivity index (χ0) is 13.5. The molecule has 2 unspecified atom stereocenters. The minimum absolute atomic E-state index is 0.174. The molecule has 0 spiro atoms. The van der Waals surface area contributed by atoms with Gasteiger partial charge in [-0.3, -0.25) is 4.68 Å². The highest BCUT2D eigenvalue weighted by Gasteiger charge is 2.26. The predicted octanol–water partition coefficient (Wildman–Crippen LogP) is 3.04. The Hall–Kier alpha value is -0.390. The number of rotatable bonds is 8. The molecule has 1 aromatic rings. The van der Waals surface area contributed by atoms with E-state index < -0.39 is 0 Å². The van der Waals surface area contributed by atoms with E-state index in [0.29, 0.717) is 0 Å². The van der Waals surface area contributed by atoms with Crippen molar-refractivity contribution < 1.29 is 4.74 Å². The van der Waals surface area contributed by atoms with Gasteiger partial charge in [-0.25, -0.2) is 0 Å². The van der Waals surface area contributed by atoms with Crippen LogP contribution < -0.4 is 5.32 Å². The third-order valence-electron chi connectivity index (χ3n) is 3.09. The predicted molar refractivity (Wildman–Crippen MR) is 77.6 cm³/mol. The number of hydrogen-bond acceptors (Lipinski definition) is 3. The van der Waals surface area contributed by atoms with E-state index in [1.165, 1.54) is 0 Å². The lowest BCUT2D eigenvalue weighted by atomic mass is 10.0. The van der Waals surface area contributed by atoms with Crippen LogP contribution in [0.25, 0.3) is 0 Å². The molecule has 0 aliphatic heterocycles. The molecule has 0 saturated heterocycles. The van der Waals surface area contributed by atoms with Crippen LogP contribution in [0.5, 0.6) is 0 Å². The quantitative estimate of drug-likeness (QED) is 0.801. The second kappa shape index (κ2) is 7.92. The molecule has 0 amide bonds. The Balaban J connectivity index is 2.96. The van der Waals surface area contributed by atoms with Gasteiger partial charge < -0.3 is 10.1 Å². The van der Waals surface area contributed by atoms with Crippen LogP contribution in [0.2, 0.25) is 0 Å². The third kappa shape index (κ3) is 3.80. The summed E-state index contributed by atoms with van der Waals surface area (Å²) in [6, 6.07) is 0.178. The van der Waals surface area contributed by atoms with Crippen LogP contribution in [-0.2, 0) is 11.8 Å². The molecule has 0 bridgehead atoms. The van der Waals surface area contributed by atoms with E-state index in [2.05, 4.69) is 40.2 Å². The van der Waals surface area contributed by atoms with Gasteiger partial charge >= 0.3 is 0 Å². The van der Waals surface area contributed by atoms with Crippen molar-refractivity contribution in [2.24, 2.45) is 7.05 Å². The molecule has 0 aromatic carbocycles. The normalized spacial score (nSPS) is 14.7. The van der Waals surface area contributed by atoms with Crippen molar-refractivity contribution in [3.63, 3.8) is 0 Å². The molecule has 0 saturated carbocycles. The van der Waals surface area contributed by atoms with Gasteiger partial charge in [0.15, 0.2) is 0 Å². The second-order valence-corrected chi connectivity index (χ2v) is 5.35. The standard InChI is InChI=1S/C13H24BrN3O/c1-5-7-11(18-4)12(15-8-6-2)13-10(14)9-16-17(13)3/h9,11-12,15H,5-8H2,1-4H3. The summed E-state index contributed by atoms with van der Waals surface area (Å²) in [5.74, 6) is 0. The van der Waals surface area contributed by atoms with Crippen LogP contribution in [0.3, 0.4) is 0 Å². The molecule has 1 rings (SSSR count). The third-order valence-corrected chi connectivity index (χ3v) is 3.71. The first kappa shape index (κ1) is 15.7. The average molecular weight is 318 g/mol. The van der Waals surface area contributed by atoms with Gasteiger partial charge in [-0.1, -0.05) is 20.3 Å². The van der Waals surface area contributed by atoms with Gasteiger partial charge in [0.2, 0.25) is 0 Å². The van der Waals surface area contributed by atoms with Crippen LogP contribution in [0.1, 0.15) is 44.8 Å². The highest BCUT2D eigenvalue weighted by atomic mass is 79.9. The van der Waals surface area contributed by atoms with E-state index in [4.69, 9.17) is 4.74 Å². The fourth-order valence-corrected chi connectivity index (χ4v) is 2.77. The number of nitrogens with zero attached hydrogens (tertiary/aromatic N) is 2. The molecule has 104 valence electrons. The number of ether oxygens (including phenoxy) is 1. The SMILES string of the molecule is CCCNC(c1c(Br)cnn1C)C(CCC)OC. The molecule has 1 heterocycles. The van der Waals surface area contributed by atoms with Crippen molar-refractivity contribution in [1.29, 1.82) is 0 Å². The molecule has 0 fully saturated rings. The molecule has 0 radical (unpaired) electrons. The summed E-state index contributed by atoms with van der Waals surface area (Å²) in [6.07, 6.45) is 5.27. The Morgan fingerprint density at radius 1 is 1.44 bits per heavy atom. The Labute approximate surface area is 118 Å². The Bertz CT molecular complexity index is 335. The minimum Gasteiger partial charge on any atom is -0.379 e. The summed E-state index contributed by atoms with van der Waals surface area (Å²) in [6.45, 7) is 5.33. The Kier molecular flexibility index (Phi) is 6.89. The summed E-state index contributed by atoms with van der Waals surface area (Å²) in [5.41, 5.74) is 1.16. The van der Waals surface area contributed by atoms with E-state index in [0.717, 1.165) is 36.0 Å². The molecule has 4 nitrogen and oxygen atoms in total. The molecule has 18 heavy (non-hydrogen) atoms. The van der Waals surface area contributed by atoms with Crippen molar-refractivity contribution in [2.75, 3.05) is 13.7 Å². The summed E-state index contributed by atoms with van der Waals surface area (Å²) in [7, 11) is 3.75. The molecule has 1 aromatic heterocycles. The maximum absolute atomic E-state index is 5.66. The number of nitrogens with one attached hydrogen (secondary N) is 1. The zero-order valence-corrected chi connectivity index (χ0v) is 13.3. The van der Waals surface area contributed by atoms with Crippen LogP contribution in [0.15, 0.2) is 10.7 Å². The van der Waals surface area contributed by atoms with Gasteiger partial charge in [0, 0.05) is 14.2 Å². The lowest BCUT2D eigenvalue weighted by Gasteiger charge is -2.27. The fourth-order valence-electron chi connectivity index (χ4n) is 2.18. The lowest BCUT2D eigenvalue weighted by Crippen LogP contribution is -2.35. The molecular formula is C13H24BrN3O. The van der Waals surface area contributed by atoms with Gasteiger partial charge in [0.25, 0.3) is 0 Å². The average Bonchev–Trinajstić information content (AvgIpc) is 2.69. The van der Waals surface area contributed by atoms with E-state index in [9.17, 15) is 0 Å². The highest BCUT2D eigenvalue weighted by molar-refractivity contribution is 9.10. The van der Waals surface area contributed by atoms with Gasteiger partial charge in [-0.2, -0.15) is 5.10 Å². The first-order valence-electron chi connectivity index (χ1n) is 6.59. The largest absolute Gasteiger partial charge is 0.379 e. The molecule has 2 atom stereocenters. The number of hydrogen-bond donors (Lipinski definition) is 1. The minimum atomic E-state index is 0.174. The van der Waals surface area contributed by atoms with Gasteiger partial charge in [-0.15, -0.1) is 0 Å². The maximum atomic E-state index is 5.66. The van der Waals surface area contributed by atoms with Crippen molar-refractivity contribution in [3.8, 4) is 0 Å². The van der Waals surface area contributed by atoms with E-state index in [1.54, 1.807) is 7.11 Å². The Morgan fingerprint density at radius 3 is 2.61 bits per heavy atom. The topological polar surface area (TPSA) is 39.1 Å². The highest BCUT2D eigenvalue weighted by Crippen LogP contribution is 2.28. The first-order chi connectivity index (χ1) is 8.65. The smallest absolute Gasteiger partial charge is 0.0781 e. The van der Waals surface area contributed by atoms with Crippen LogP contribution in [0, 0.1) is 0 Å². The maximum Gasteiger partial charge on any atom is 0.0781 e. The summed E-state index contributed by atoms with van der Waals surface area (Å²) >= 11 is 3.58. The van der Waals surface area contributed by atoms with Gasteiger partial charge in [0.1, 0.15) is 0 Å². The number of aryl methyl sites for hydroxylation is 1. The molecule has 5 heteroatoms.